The van der Waals surface area contributed by atoms with Crippen molar-refractivity contribution in [3.8, 4) is 0 Å². The molecular weight excluding hydrogens is 242 g/mol. The van der Waals surface area contributed by atoms with Gasteiger partial charge in [0.15, 0.2) is 0 Å². The third-order valence-corrected chi connectivity index (χ3v) is 4.42. The molecule has 102 valence electrons. The van der Waals surface area contributed by atoms with Gasteiger partial charge in [0.2, 0.25) is 0 Å². The lowest BCUT2D eigenvalue weighted by atomic mass is 10.1. The third-order valence-electron chi connectivity index (χ3n) is 3.63. The maximum absolute atomic E-state index is 4.52. The molecule has 0 radical (unpaired) electrons. The van der Waals surface area contributed by atoms with Gasteiger partial charge in [-0.1, -0.05) is 6.42 Å². The predicted molar refractivity (Wildman–Crippen MR) is 78.2 cm³/mol. The normalized spacial score (nSPS) is 19.0. The number of aryl methyl sites for hydroxylation is 1. The second kappa shape index (κ2) is 7.22. The summed E-state index contributed by atoms with van der Waals surface area (Å²) in [7, 11) is 0. The molecule has 18 heavy (non-hydrogen) atoms. The summed E-state index contributed by atoms with van der Waals surface area (Å²) < 4.78 is 0. The van der Waals surface area contributed by atoms with Crippen LogP contribution in [0.5, 0.6) is 0 Å². The standard InChI is InChI=1S/C14H25N3S/c1-12(14-11-18-13(2)16-14)15-7-6-10-17-8-4-3-5-9-17/h11-12,15H,3-10H2,1-2H3. The van der Waals surface area contributed by atoms with E-state index in [9.17, 15) is 0 Å². The number of rotatable bonds is 6. The van der Waals surface area contributed by atoms with Crippen LogP contribution < -0.4 is 5.32 Å². The van der Waals surface area contributed by atoms with Crippen LogP contribution in [0, 0.1) is 6.92 Å². The van der Waals surface area contributed by atoms with E-state index >= 15 is 0 Å². The Labute approximate surface area is 115 Å². The molecular formula is C14H25N3S. The number of likely N-dealkylation sites (tertiary alicyclic amines) is 1. The van der Waals surface area contributed by atoms with E-state index in [1.165, 1.54) is 51.0 Å². The Morgan fingerprint density at radius 1 is 1.39 bits per heavy atom. The lowest BCUT2D eigenvalue weighted by Gasteiger charge is -2.26. The zero-order valence-electron chi connectivity index (χ0n) is 11.6. The molecule has 1 atom stereocenters. The van der Waals surface area contributed by atoms with Crippen LogP contribution in [-0.2, 0) is 0 Å². The first-order chi connectivity index (χ1) is 8.75. The number of thiazole rings is 1. The van der Waals surface area contributed by atoms with Gasteiger partial charge in [0.25, 0.3) is 0 Å². The van der Waals surface area contributed by atoms with Crippen LogP contribution in [0.3, 0.4) is 0 Å². The number of hydrogen-bond acceptors (Lipinski definition) is 4. The van der Waals surface area contributed by atoms with Crippen molar-refractivity contribution in [3.05, 3.63) is 16.1 Å². The highest BCUT2D eigenvalue weighted by Crippen LogP contribution is 2.15. The van der Waals surface area contributed by atoms with Gasteiger partial charge >= 0.3 is 0 Å². The highest BCUT2D eigenvalue weighted by molar-refractivity contribution is 7.09. The molecule has 0 bridgehead atoms. The van der Waals surface area contributed by atoms with E-state index in [2.05, 4.69) is 34.4 Å². The van der Waals surface area contributed by atoms with Gasteiger partial charge in [-0.05, 0) is 59.3 Å². The van der Waals surface area contributed by atoms with Gasteiger partial charge in [-0.15, -0.1) is 11.3 Å². The van der Waals surface area contributed by atoms with Crippen LogP contribution in [0.4, 0.5) is 0 Å². The van der Waals surface area contributed by atoms with Gasteiger partial charge < -0.3 is 10.2 Å². The largest absolute Gasteiger partial charge is 0.309 e. The Morgan fingerprint density at radius 3 is 2.83 bits per heavy atom. The molecule has 4 heteroatoms. The van der Waals surface area contributed by atoms with Crippen molar-refractivity contribution in [2.75, 3.05) is 26.2 Å². The van der Waals surface area contributed by atoms with Gasteiger partial charge in [0.1, 0.15) is 0 Å². The average molecular weight is 267 g/mol. The fourth-order valence-corrected chi connectivity index (χ4v) is 3.19. The first-order valence-electron chi connectivity index (χ1n) is 7.13. The molecule has 2 heterocycles. The van der Waals surface area contributed by atoms with Crippen molar-refractivity contribution in [1.82, 2.24) is 15.2 Å². The Kier molecular flexibility index (Phi) is 5.60. The van der Waals surface area contributed by atoms with E-state index in [4.69, 9.17) is 0 Å². The van der Waals surface area contributed by atoms with Crippen molar-refractivity contribution in [2.24, 2.45) is 0 Å². The van der Waals surface area contributed by atoms with Gasteiger partial charge in [0, 0.05) is 11.4 Å². The average Bonchev–Trinajstić information content (AvgIpc) is 2.82. The molecule has 1 aliphatic rings. The van der Waals surface area contributed by atoms with Gasteiger partial charge in [-0.25, -0.2) is 4.98 Å². The van der Waals surface area contributed by atoms with Crippen LogP contribution >= 0.6 is 11.3 Å². The molecule has 3 nitrogen and oxygen atoms in total. The Bertz CT molecular complexity index is 345. The number of hydrogen-bond donors (Lipinski definition) is 1. The molecule has 0 amide bonds. The van der Waals surface area contributed by atoms with Crippen molar-refractivity contribution >= 4 is 11.3 Å². The first kappa shape index (κ1) is 14.0. The molecule has 1 aliphatic heterocycles. The summed E-state index contributed by atoms with van der Waals surface area (Å²) in [4.78, 5) is 7.12. The molecule has 0 spiro atoms. The van der Waals surface area contributed by atoms with E-state index in [-0.39, 0.29) is 0 Å². The zero-order chi connectivity index (χ0) is 12.8. The molecule has 2 rings (SSSR count). The van der Waals surface area contributed by atoms with E-state index < -0.39 is 0 Å². The highest BCUT2D eigenvalue weighted by Gasteiger charge is 2.10. The molecule has 0 saturated carbocycles. The minimum Gasteiger partial charge on any atom is -0.309 e. The molecule has 1 unspecified atom stereocenters. The summed E-state index contributed by atoms with van der Waals surface area (Å²) >= 11 is 1.74. The SMILES string of the molecule is Cc1nc(C(C)NCCCN2CCCCC2)cs1. The minimum atomic E-state index is 0.385. The smallest absolute Gasteiger partial charge is 0.0898 e. The van der Waals surface area contributed by atoms with Crippen molar-refractivity contribution in [1.29, 1.82) is 0 Å². The summed E-state index contributed by atoms with van der Waals surface area (Å²) in [6.07, 6.45) is 5.45. The molecule has 1 fully saturated rings. The number of piperidine rings is 1. The maximum Gasteiger partial charge on any atom is 0.0898 e. The molecule has 1 aromatic heterocycles. The monoisotopic (exact) mass is 267 g/mol. The Hall–Kier alpha value is -0.450. The third kappa shape index (κ3) is 4.34. The number of aromatic nitrogens is 1. The van der Waals surface area contributed by atoms with Crippen LogP contribution in [-0.4, -0.2) is 36.1 Å². The Morgan fingerprint density at radius 2 is 2.17 bits per heavy atom. The van der Waals surface area contributed by atoms with Crippen LogP contribution in [0.25, 0.3) is 0 Å². The Balaban J connectivity index is 1.60. The van der Waals surface area contributed by atoms with Crippen molar-refractivity contribution in [3.63, 3.8) is 0 Å². The summed E-state index contributed by atoms with van der Waals surface area (Å²) in [6.45, 7) is 9.22. The topological polar surface area (TPSA) is 28.2 Å². The molecule has 1 N–H and O–H groups in total. The molecule has 0 aliphatic carbocycles. The zero-order valence-corrected chi connectivity index (χ0v) is 12.4. The summed E-state index contributed by atoms with van der Waals surface area (Å²) in [6, 6.07) is 0.385. The fourth-order valence-electron chi connectivity index (χ4n) is 2.49. The summed E-state index contributed by atoms with van der Waals surface area (Å²) in [5.74, 6) is 0. The lowest BCUT2D eigenvalue weighted by Crippen LogP contribution is -2.32. The minimum absolute atomic E-state index is 0.385. The van der Waals surface area contributed by atoms with E-state index in [0.717, 1.165) is 11.6 Å². The van der Waals surface area contributed by atoms with Crippen LogP contribution in [0.1, 0.15) is 49.4 Å². The number of nitrogens with one attached hydrogen (secondary N) is 1. The second-order valence-corrected chi connectivity index (χ2v) is 6.29. The van der Waals surface area contributed by atoms with Gasteiger partial charge in [-0.2, -0.15) is 0 Å². The number of nitrogens with zero attached hydrogens (tertiary/aromatic N) is 2. The molecule has 0 aromatic carbocycles. The quantitative estimate of drug-likeness (QED) is 0.803. The van der Waals surface area contributed by atoms with E-state index in [0.29, 0.717) is 6.04 Å². The van der Waals surface area contributed by atoms with Gasteiger partial charge in [-0.3, -0.25) is 0 Å². The van der Waals surface area contributed by atoms with Crippen molar-refractivity contribution < 1.29 is 0 Å². The van der Waals surface area contributed by atoms with Gasteiger partial charge in [0.05, 0.1) is 10.7 Å². The fraction of sp³-hybridized carbons (Fsp3) is 0.786. The van der Waals surface area contributed by atoms with Crippen LogP contribution in [0.15, 0.2) is 5.38 Å². The maximum atomic E-state index is 4.52. The lowest BCUT2D eigenvalue weighted by molar-refractivity contribution is 0.225. The highest BCUT2D eigenvalue weighted by atomic mass is 32.1. The summed E-state index contributed by atoms with van der Waals surface area (Å²) in [5, 5.41) is 6.89. The summed E-state index contributed by atoms with van der Waals surface area (Å²) in [5.41, 5.74) is 1.19. The van der Waals surface area contributed by atoms with E-state index in [1.54, 1.807) is 11.3 Å². The van der Waals surface area contributed by atoms with Crippen LogP contribution in [0.2, 0.25) is 0 Å². The van der Waals surface area contributed by atoms with E-state index in [1.807, 2.05) is 0 Å². The predicted octanol–water partition coefficient (Wildman–Crippen LogP) is 2.98. The second-order valence-electron chi connectivity index (χ2n) is 5.22. The molecule has 1 saturated heterocycles. The molecule has 1 aromatic rings. The first-order valence-corrected chi connectivity index (χ1v) is 8.01. The van der Waals surface area contributed by atoms with Crippen molar-refractivity contribution in [2.45, 2.75) is 45.6 Å².